The van der Waals surface area contributed by atoms with Crippen molar-refractivity contribution in [2.45, 2.75) is 37.1 Å². The van der Waals surface area contributed by atoms with Crippen molar-refractivity contribution < 1.29 is 17.9 Å². The number of tetrazole rings is 1. The number of sulfonamides is 1. The van der Waals surface area contributed by atoms with Crippen LogP contribution in [0.4, 0.5) is 5.69 Å². The molecule has 0 spiro atoms. The van der Waals surface area contributed by atoms with E-state index in [0.29, 0.717) is 55.8 Å². The lowest BCUT2D eigenvalue weighted by Crippen LogP contribution is -2.41. The number of nitrogens with zero attached hydrogens (tertiary/aromatic N) is 5. The van der Waals surface area contributed by atoms with Gasteiger partial charge in [0.05, 0.1) is 24.2 Å². The SMILES string of the molecule is CCc1ccc(C(=O)Nc2ccc(-c3nnnn3C3CC3)cc2)cc1S(=O)(=O)N1CCOCC1. The Hall–Kier alpha value is -3.15. The molecule has 11 heteroatoms. The van der Waals surface area contributed by atoms with Crippen molar-refractivity contribution >= 4 is 21.6 Å². The highest BCUT2D eigenvalue weighted by Crippen LogP contribution is 2.36. The van der Waals surface area contributed by atoms with Gasteiger partial charge in [-0.1, -0.05) is 13.0 Å². The molecule has 2 fully saturated rings. The summed E-state index contributed by atoms with van der Waals surface area (Å²) in [6, 6.07) is 12.5. The molecular formula is C23H26N6O4S. The Bertz CT molecular complexity index is 1300. The van der Waals surface area contributed by atoms with Crippen molar-refractivity contribution in [3.8, 4) is 11.4 Å². The molecule has 2 aliphatic rings. The van der Waals surface area contributed by atoms with E-state index in [1.54, 1.807) is 24.3 Å². The number of hydrogen-bond donors (Lipinski definition) is 1. The maximum atomic E-state index is 13.3. The molecule has 1 amide bonds. The molecule has 1 saturated heterocycles. The number of morpholine rings is 1. The van der Waals surface area contributed by atoms with E-state index in [0.717, 1.165) is 18.4 Å². The third kappa shape index (κ3) is 4.46. The van der Waals surface area contributed by atoms with Gasteiger partial charge < -0.3 is 10.1 Å². The second-order valence-corrected chi connectivity index (χ2v) is 10.3. The highest BCUT2D eigenvalue weighted by molar-refractivity contribution is 7.89. The summed E-state index contributed by atoms with van der Waals surface area (Å²) in [4.78, 5) is 13.1. The van der Waals surface area contributed by atoms with Gasteiger partial charge >= 0.3 is 0 Å². The molecule has 2 heterocycles. The Balaban J connectivity index is 1.35. The van der Waals surface area contributed by atoms with Crippen LogP contribution < -0.4 is 5.32 Å². The average Bonchev–Trinajstić information content (AvgIpc) is 3.60. The minimum atomic E-state index is -3.72. The van der Waals surface area contributed by atoms with E-state index in [4.69, 9.17) is 4.74 Å². The van der Waals surface area contributed by atoms with Crippen LogP contribution >= 0.6 is 0 Å². The minimum Gasteiger partial charge on any atom is -0.379 e. The minimum absolute atomic E-state index is 0.173. The summed E-state index contributed by atoms with van der Waals surface area (Å²) in [5.74, 6) is 0.324. The van der Waals surface area contributed by atoms with Gasteiger partial charge in [0.15, 0.2) is 5.82 Å². The Kier molecular flexibility index (Phi) is 6.15. The number of benzene rings is 2. The number of carbonyl (C=O) groups is 1. The van der Waals surface area contributed by atoms with E-state index in [1.807, 2.05) is 23.7 Å². The maximum Gasteiger partial charge on any atom is 0.255 e. The van der Waals surface area contributed by atoms with Gasteiger partial charge in [-0.15, -0.1) is 5.10 Å². The Morgan fingerprint density at radius 1 is 1.12 bits per heavy atom. The number of rotatable bonds is 7. The molecule has 2 aromatic carbocycles. The lowest BCUT2D eigenvalue weighted by molar-refractivity contribution is 0.0730. The van der Waals surface area contributed by atoms with Crippen molar-refractivity contribution in [3.63, 3.8) is 0 Å². The Labute approximate surface area is 198 Å². The molecule has 0 bridgehead atoms. The molecule has 178 valence electrons. The first-order chi connectivity index (χ1) is 16.5. The molecular weight excluding hydrogens is 456 g/mol. The third-order valence-electron chi connectivity index (χ3n) is 6.08. The standard InChI is InChI=1S/C23H26N6O4S/c1-2-16-3-4-18(15-21(16)34(31,32)28-11-13-33-14-12-28)23(30)24-19-7-5-17(6-8-19)22-25-26-27-29(22)20-9-10-20/h3-8,15,20H,2,9-14H2,1H3,(H,24,30). The van der Waals surface area contributed by atoms with Crippen molar-refractivity contribution in [2.24, 2.45) is 0 Å². The first-order valence-electron chi connectivity index (χ1n) is 11.4. The number of ether oxygens (including phenoxy) is 1. The van der Waals surface area contributed by atoms with E-state index in [9.17, 15) is 13.2 Å². The molecule has 1 aliphatic heterocycles. The molecule has 1 N–H and O–H groups in total. The summed E-state index contributed by atoms with van der Waals surface area (Å²) in [5.41, 5.74) is 2.42. The second-order valence-electron chi connectivity index (χ2n) is 8.40. The van der Waals surface area contributed by atoms with Crippen molar-refractivity contribution in [1.29, 1.82) is 0 Å². The number of nitrogens with one attached hydrogen (secondary N) is 1. The summed E-state index contributed by atoms with van der Waals surface area (Å²) in [7, 11) is -3.72. The Morgan fingerprint density at radius 2 is 1.85 bits per heavy atom. The quantitative estimate of drug-likeness (QED) is 0.549. The third-order valence-corrected chi connectivity index (χ3v) is 8.07. The van der Waals surface area contributed by atoms with Crippen LogP contribution in [-0.4, -0.2) is 65.1 Å². The van der Waals surface area contributed by atoms with Gasteiger partial charge in [0.25, 0.3) is 5.91 Å². The van der Waals surface area contributed by atoms with Crippen LogP contribution in [0.1, 0.15) is 41.7 Å². The first-order valence-corrected chi connectivity index (χ1v) is 12.8. The molecule has 0 radical (unpaired) electrons. The topological polar surface area (TPSA) is 119 Å². The highest BCUT2D eigenvalue weighted by atomic mass is 32.2. The van der Waals surface area contributed by atoms with E-state index < -0.39 is 10.0 Å². The fourth-order valence-electron chi connectivity index (χ4n) is 4.01. The average molecular weight is 483 g/mol. The normalized spacial score (nSPS) is 17.0. The molecule has 10 nitrogen and oxygen atoms in total. The van der Waals surface area contributed by atoms with Gasteiger partial charge in [-0.2, -0.15) is 4.31 Å². The van der Waals surface area contributed by atoms with Gasteiger partial charge in [0, 0.05) is 29.9 Å². The lowest BCUT2D eigenvalue weighted by Gasteiger charge is -2.27. The monoisotopic (exact) mass is 482 g/mol. The summed E-state index contributed by atoms with van der Waals surface area (Å²) in [6.07, 6.45) is 2.70. The van der Waals surface area contributed by atoms with Crippen LogP contribution in [0.5, 0.6) is 0 Å². The second kappa shape index (κ2) is 9.24. The number of aromatic nitrogens is 4. The molecule has 0 atom stereocenters. The van der Waals surface area contributed by atoms with Crippen LogP contribution in [0.3, 0.4) is 0 Å². The molecule has 0 unspecified atom stereocenters. The molecule has 1 aromatic heterocycles. The predicted molar refractivity (Wildman–Crippen MR) is 125 cm³/mol. The maximum absolute atomic E-state index is 13.3. The van der Waals surface area contributed by atoms with Crippen LogP contribution in [0.25, 0.3) is 11.4 Å². The fourth-order valence-corrected chi connectivity index (χ4v) is 5.74. The van der Waals surface area contributed by atoms with E-state index in [2.05, 4.69) is 20.8 Å². The zero-order valence-corrected chi connectivity index (χ0v) is 19.7. The zero-order chi connectivity index (χ0) is 23.7. The fraction of sp³-hybridized carbons (Fsp3) is 0.391. The van der Waals surface area contributed by atoms with Gasteiger partial charge in [-0.3, -0.25) is 4.79 Å². The molecule has 1 saturated carbocycles. The Morgan fingerprint density at radius 3 is 2.53 bits per heavy atom. The number of hydrogen-bond acceptors (Lipinski definition) is 7. The lowest BCUT2D eigenvalue weighted by atomic mass is 10.1. The van der Waals surface area contributed by atoms with E-state index in [-0.39, 0.29) is 16.4 Å². The summed E-state index contributed by atoms with van der Waals surface area (Å²) in [6.45, 7) is 3.23. The number of amides is 1. The number of aryl methyl sites for hydroxylation is 1. The number of carbonyl (C=O) groups excluding carboxylic acids is 1. The summed E-state index contributed by atoms with van der Waals surface area (Å²) < 4.78 is 35.0. The van der Waals surface area contributed by atoms with Gasteiger partial charge in [0.1, 0.15) is 0 Å². The van der Waals surface area contributed by atoms with Gasteiger partial charge in [-0.25, -0.2) is 13.1 Å². The number of anilines is 1. The first kappa shape index (κ1) is 22.6. The van der Waals surface area contributed by atoms with Crippen LogP contribution in [0, 0.1) is 0 Å². The summed E-state index contributed by atoms with van der Waals surface area (Å²) >= 11 is 0. The molecule has 5 rings (SSSR count). The highest BCUT2D eigenvalue weighted by Gasteiger charge is 2.29. The van der Waals surface area contributed by atoms with Gasteiger partial charge in [0.2, 0.25) is 10.0 Å². The van der Waals surface area contributed by atoms with Crippen LogP contribution in [0.2, 0.25) is 0 Å². The van der Waals surface area contributed by atoms with Crippen molar-refractivity contribution in [2.75, 3.05) is 31.6 Å². The molecule has 1 aliphatic carbocycles. The van der Waals surface area contributed by atoms with E-state index >= 15 is 0 Å². The predicted octanol–water partition coefficient (Wildman–Crippen LogP) is 2.51. The zero-order valence-electron chi connectivity index (χ0n) is 18.8. The van der Waals surface area contributed by atoms with Crippen LogP contribution in [-0.2, 0) is 21.2 Å². The molecule has 3 aromatic rings. The molecule has 34 heavy (non-hydrogen) atoms. The largest absolute Gasteiger partial charge is 0.379 e. The van der Waals surface area contributed by atoms with Gasteiger partial charge in [-0.05, 0) is 71.7 Å². The van der Waals surface area contributed by atoms with Crippen molar-refractivity contribution in [1.82, 2.24) is 24.5 Å². The van der Waals surface area contributed by atoms with Crippen molar-refractivity contribution in [3.05, 3.63) is 53.6 Å². The van der Waals surface area contributed by atoms with E-state index in [1.165, 1.54) is 10.4 Å². The summed E-state index contributed by atoms with van der Waals surface area (Å²) in [5, 5.41) is 14.8. The smallest absolute Gasteiger partial charge is 0.255 e. The van der Waals surface area contributed by atoms with Crippen LogP contribution in [0.15, 0.2) is 47.4 Å².